The van der Waals surface area contributed by atoms with Gasteiger partial charge in [-0.2, -0.15) is 0 Å². The third-order valence-corrected chi connectivity index (χ3v) is 4.03. The molecule has 2 nitrogen and oxygen atoms in total. The van der Waals surface area contributed by atoms with Gasteiger partial charge in [0.2, 0.25) is 0 Å². The Morgan fingerprint density at radius 2 is 2.29 bits per heavy atom. The molecule has 0 amide bonds. The summed E-state index contributed by atoms with van der Waals surface area (Å²) >= 11 is 9.60. The van der Waals surface area contributed by atoms with Crippen LogP contribution in [0.25, 0.3) is 0 Å². The highest BCUT2D eigenvalue weighted by Gasteiger charge is 2.18. The topological polar surface area (TPSA) is 15.3 Å². The van der Waals surface area contributed by atoms with E-state index in [4.69, 9.17) is 11.6 Å². The van der Waals surface area contributed by atoms with Gasteiger partial charge in [-0.05, 0) is 30.7 Å². The minimum Gasteiger partial charge on any atom is -0.314 e. The van der Waals surface area contributed by atoms with Crippen LogP contribution >= 0.6 is 39.9 Å². The Hall–Kier alpha value is 0.200. The zero-order valence-electron chi connectivity index (χ0n) is 9.75. The van der Waals surface area contributed by atoms with E-state index in [-0.39, 0.29) is 12.4 Å². The summed E-state index contributed by atoms with van der Waals surface area (Å²) in [6.07, 6.45) is 0. The minimum atomic E-state index is 0. The molecular formula is C12H17BrCl2N2. The van der Waals surface area contributed by atoms with Crippen molar-refractivity contribution in [2.45, 2.75) is 19.5 Å². The number of rotatable bonds is 2. The lowest BCUT2D eigenvalue weighted by Gasteiger charge is -2.34. The molecule has 2 rings (SSSR count). The standard InChI is InChI=1S/C12H16BrClN2.ClH/c1-9-7-15-4-5-16(9)8-10-6-11(14)2-3-12(10)13;/h2-3,6,9,15H,4-5,7-8H2,1H3;1H/t9-;/m1./s1. The molecule has 5 heteroatoms. The Bertz CT molecular complexity index is 374. The van der Waals surface area contributed by atoms with E-state index in [1.165, 1.54) is 5.56 Å². The van der Waals surface area contributed by atoms with Gasteiger partial charge in [-0.1, -0.05) is 27.5 Å². The van der Waals surface area contributed by atoms with Gasteiger partial charge in [-0.3, -0.25) is 4.90 Å². The SMILES string of the molecule is C[C@@H]1CNCCN1Cc1cc(Cl)ccc1Br.Cl. The largest absolute Gasteiger partial charge is 0.314 e. The zero-order chi connectivity index (χ0) is 11.5. The molecule has 1 aliphatic heterocycles. The van der Waals surface area contributed by atoms with Crippen molar-refractivity contribution in [3.8, 4) is 0 Å². The second kappa shape index (κ2) is 6.95. The Morgan fingerprint density at radius 3 is 3.00 bits per heavy atom. The average Bonchev–Trinajstić information content (AvgIpc) is 2.27. The van der Waals surface area contributed by atoms with Crippen LogP contribution in [-0.2, 0) is 6.54 Å². The fourth-order valence-electron chi connectivity index (χ4n) is 2.00. The van der Waals surface area contributed by atoms with Crippen LogP contribution in [-0.4, -0.2) is 30.6 Å². The molecule has 0 spiro atoms. The fraction of sp³-hybridized carbons (Fsp3) is 0.500. The molecule has 1 aromatic rings. The molecule has 1 aromatic carbocycles. The van der Waals surface area contributed by atoms with Crippen molar-refractivity contribution in [1.29, 1.82) is 0 Å². The molecule has 1 atom stereocenters. The van der Waals surface area contributed by atoms with Gasteiger partial charge in [0.25, 0.3) is 0 Å². The van der Waals surface area contributed by atoms with Crippen LogP contribution < -0.4 is 5.32 Å². The number of piperazine rings is 1. The van der Waals surface area contributed by atoms with Gasteiger partial charge < -0.3 is 5.32 Å². The summed E-state index contributed by atoms with van der Waals surface area (Å²) in [7, 11) is 0. The highest BCUT2D eigenvalue weighted by molar-refractivity contribution is 9.10. The number of hydrogen-bond donors (Lipinski definition) is 1. The van der Waals surface area contributed by atoms with Gasteiger partial charge in [-0.15, -0.1) is 12.4 Å². The van der Waals surface area contributed by atoms with Crippen molar-refractivity contribution in [2.75, 3.05) is 19.6 Å². The normalized spacial score (nSPS) is 21.0. The highest BCUT2D eigenvalue weighted by atomic mass is 79.9. The molecule has 0 aliphatic carbocycles. The summed E-state index contributed by atoms with van der Waals surface area (Å²) in [5.74, 6) is 0. The van der Waals surface area contributed by atoms with E-state index in [1.807, 2.05) is 18.2 Å². The highest BCUT2D eigenvalue weighted by Crippen LogP contribution is 2.23. The first-order valence-electron chi connectivity index (χ1n) is 5.55. The van der Waals surface area contributed by atoms with Crippen molar-refractivity contribution in [3.63, 3.8) is 0 Å². The summed E-state index contributed by atoms with van der Waals surface area (Å²) in [6, 6.07) is 6.56. The number of hydrogen-bond acceptors (Lipinski definition) is 2. The van der Waals surface area contributed by atoms with E-state index in [2.05, 4.69) is 33.1 Å². The number of nitrogens with one attached hydrogen (secondary N) is 1. The Labute approximate surface area is 122 Å². The van der Waals surface area contributed by atoms with E-state index in [1.54, 1.807) is 0 Å². The summed E-state index contributed by atoms with van der Waals surface area (Å²) < 4.78 is 1.14. The predicted octanol–water partition coefficient (Wildman–Crippen LogP) is 3.32. The van der Waals surface area contributed by atoms with E-state index in [0.29, 0.717) is 6.04 Å². The summed E-state index contributed by atoms with van der Waals surface area (Å²) in [5.41, 5.74) is 1.27. The van der Waals surface area contributed by atoms with Gasteiger partial charge in [0.1, 0.15) is 0 Å². The number of nitrogens with zero attached hydrogens (tertiary/aromatic N) is 1. The molecule has 1 saturated heterocycles. The number of benzene rings is 1. The molecule has 1 aliphatic rings. The predicted molar refractivity (Wildman–Crippen MR) is 79.1 cm³/mol. The third-order valence-electron chi connectivity index (χ3n) is 3.02. The monoisotopic (exact) mass is 338 g/mol. The molecule has 0 radical (unpaired) electrons. The smallest absolute Gasteiger partial charge is 0.0410 e. The molecule has 0 unspecified atom stereocenters. The van der Waals surface area contributed by atoms with Gasteiger partial charge in [0, 0.05) is 41.7 Å². The van der Waals surface area contributed by atoms with Crippen molar-refractivity contribution in [3.05, 3.63) is 33.3 Å². The molecule has 0 saturated carbocycles. The van der Waals surface area contributed by atoms with E-state index < -0.39 is 0 Å². The average molecular weight is 340 g/mol. The second-order valence-electron chi connectivity index (χ2n) is 4.26. The molecule has 1 heterocycles. The molecule has 1 fully saturated rings. The van der Waals surface area contributed by atoms with Crippen molar-refractivity contribution in [1.82, 2.24) is 10.2 Å². The first-order valence-corrected chi connectivity index (χ1v) is 6.72. The molecule has 1 N–H and O–H groups in total. The van der Waals surface area contributed by atoms with Crippen molar-refractivity contribution < 1.29 is 0 Å². The maximum Gasteiger partial charge on any atom is 0.0410 e. The lowest BCUT2D eigenvalue weighted by Crippen LogP contribution is -2.49. The Kier molecular flexibility index (Phi) is 6.24. The Balaban J connectivity index is 0.00000144. The molecule has 0 bridgehead atoms. The van der Waals surface area contributed by atoms with Crippen molar-refractivity contribution in [2.24, 2.45) is 0 Å². The van der Waals surface area contributed by atoms with E-state index in [0.717, 1.165) is 35.7 Å². The van der Waals surface area contributed by atoms with Crippen LogP contribution in [0.1, 0.15) is 12.5 Å². The number of halogens is 3. The quantitative estimate of drug-likeness (QED) is 0.889. The lowest BCUT2D eigenvalue weighted by atomic mass is 10.1. The first kappa shape index (κ1) is 15.3. The fourth-order valence-corrected chi connectivity index (χ4v) is 2.57. The van der Waals surface area contributed by atoms with Crippen LogP contribution in [0, 0.1) is 0 Å². The molecule has 0 aromatic heterocycles. The second-order valence-corrected chi connectivity index (χ2v) is 5.55. The minimum absolute atomic E-state index is 0. The zero-order valence-corrected chi connectivity index (χ0v) is 12.9. The van der Waals surface area contributed by atoms with Crippen molar-refractivity contribution >= 4 is 39.9 Å². The summed E-state index contributed by atoms with van der Waals surface area (Å²) in [5, 5.41) is 4.20. The molecular weight excluding hydrogens is 323 g/mol. The van der Waals surface area contributed by atoms with E-state index >= 15 is 0 Å². The van der Waals surface area contributed by atoms with Crippen LogP contribution in [0.15, 0.2) is 22.7 Å². The summed E-state index contributed by atoms with van der Waals surface area (Å²) in [6.45, 7) is 6.45. The van der Waals surface area contributed by atoms with Crippen LogP contribution in [0.2, 0.25) is 5.02 Å². The van der Waals surface area contributed by atoms with Crippen LogP contribution in [0.4, 0.5) is 0 Å². The first-order chi connectivity index (χ1) is 7.66. The Morgan fingerprint density at radius 1 is 1.53 bits per heavy atom. The summed E-state index contributed by atoms with van der Waals surface area (Å²) in [4.78, 5) is 2.48. The maximum absolute atomic E-state index is 6.02. The van der Waals surface area contributed by atoms with Gasteiger partial charge in [-0.25, -0.2) is 0 Å². The molecule has 17 heavy (non-hydrogen) atoms. The van der Waals surface area contributed by atoms with Crippen LogP contribution in [0.5, 0.6) is 0 Å². The maximum atomic E-state index is 6.02. The van der Waals surface area contributed by atoms with Crippen LogP contribution in [0.3, 0.4) is 0 Å². The van der Waals surface area contributed by atoms with Gasteiger partial charge >= 0.3 is 0 Å². The third kappa shape index (κ3) is 4.11. The van der Waals surface area contributed by atoms with Gasteiger partial charge in [0.05, 0.1) is 0 Å². The lowest BCUT2D eigenvalue weighted by molar-refractivity contribution is 0.165. The molecule has 96 valence electrons. The van der Waals surface area contributed by atoms with E-state index in [9.17, 15) is 0 Å². The van der Waals surface area contributed by atoms with Gasteiger partial charge in [0.15, 0.2) is 0 Å².